The number of nitrogens with one attached hydrogen (secondary N) is 1. The van der Waals surface area contributed by atoms with Gasteiger partial charge in [-0.15, -0.1) is 0 Å². The maximum absolute atomic E-state index is 4.55. The van der Waals surface area contributed by atoms with Gasteiger partial charge in [0.2, 0.25) is 0 Å². The molecule has 0 amide bonds. The summed E-state index contributed by atoms with van der Waals surface area (Å²) in [5, 5.41) is 0. The van der Waals surface area contributed by atoms with Crippen molar-refractivity contribution in [3.63, 3.8) is 0 Å². The number of fused-ring (bicyclic) bond motifs is 1. The molecule has 0 bridgehead atoms. The minimum Gasteiger partial charge on any atom is -0.342 e. The van der Waals surface area contributed by atoms with Crippen LogP contribution in [0.5, 0.6) is 0 Å². The number of benzene rings is 2. The van der Waals surface area contributed by atoms with Gasteiger partial charge in [-0.2, -0.15) is 0 Å². The van der Waals surface area contributed by atoms with Crippen LogP contribution >= 0.6 is 0 Å². The standard InChI is InChI=1S/C18H16N4/c1-13-20-16-8-7-15(11-17(16)21-13)18(22-10-9-19-12-22)14-5-3-2-4-6-14/h2-12,18H,1H3,(H,20,21)/t18-/m1/s1. The van der Waals surface area contributed by atoms with Crippen LogP contribution in [0.1, 0.15) is 23.0 Å². The number of hydrogen-bond donors (Lipinski definition) is 1. The van der Waals surface area contributed by atoms with Crippen LogP contribution in [0.25, 0.3) is 11.0 Å². The summed E-state index contributed by atoms with van der Waals surface area (Å²) < 4.78 is 2.12. The van der Waals surface area contributed by atoms with Crippen molar-refractivity contribution in [3.05, 3.63) is 84.2 Å². The molecule has 0 spiro atoms. The predicted molar refractivity (Wildman–Crippen MR) is 86.7 cm³/mol. The Bertz CT molecular complexity index is 891. The summed E-state index contributed by atoms with van der Waals surface area (Å²) in [5.74, 6) is 0.936. The zero-order chi connectivity index (χ0) is 14.9. The summed E-state index contributed by atoms with van der Waals surface area (Å²) in [5.41, 5.74) is 4.49. The zero-order valence-corrected chi connectivity index (χ0v) is 12.3. The number of hydrogen-bond acceptors (Lipinski definition) is 2. The van der Waals surface area contributed by atoms with E-state index in [1.54, 1.807) is 0 Å². The van der Waals surface area contributed by atoms with E-state index in [0.717, 1.165) is 16.9 Å². The summed E-state index contributed by atoms with van der Waals surface area (Å²) in [6.45, 7) is 1.98. The molecule has 2 aromatic heterocycles. The SMILES string of the molecule is Cc1nc2cc([C@@H](c3ccccc3)n3ccnc3)ccc2[nH]1. The van der Waals surface area contributed by atoms with Gasteiger partial charge >= 0.3 is 0 Å². The third kappa shape index (κ3) is 2.19. The Morgan fingerprint density at radius 3 is 2.68 bits per heavy atom. The van der Waals surface area contributed by atoms with Crippen LogP contribution in [-0.4, -0.2) is 19.5 Å². The van der Waals surface area contributed by atoms with Crippen molar-refractivity contribution in [3.8, 4) is 0 Å². The zero-order valence-electron chi connectivity index (χ0n) is 12.3. The van der Waals surface area contributed by atoms with Crippen LogP contribution in [0.2, 0.25) is 0 Å². The number of nitrogens with zero attached hydrogens (tertiary/aromatic N) is 3. The molecule has 4 heteroatoms. The van der Waals surface area contributed by atoms with Gasteiger partial charge in [0.15, 0.2) is 0 Å². The van der Waals surface area contributed by atoms with Gasteiger partial charge < -0.3 is 9.55 Å². The summed E-state index contributed by atoms with van der Waals surface area (Å²) in [4.78, 5) is 12.0. The smallest absolute Gasteiger partial charge is 0.104 e. The van der Waals surface area contributed by atoms with E-state index in [0.29, 0.717) is 0 Å². The highest BCUT2D eigenvalue weighted by molar-refractivity contribution is 5.76. The first kappa shape index (κ1) is 12.8. The second-order valence-electron chi connectivity index (χ2n) is 5.42. The van der Waals surface area contributed by atoms with Crippen LogP contribution in [-0.2, 0) is 0 Å². The van der Waals surface area contributed by atoms with Crippen molar-refractivity contribution in [1.29, 1.82) is 0 Å². The molecule has 0 saturated heterocycles. The summed E-state index contributed by atoms with van der Waals surface area (Å²) in [6.07, 6.45) is 5.67. The summed E-state index contributed by atoms with van der Waals surface area (Å²) in [7, 11) is 0. The Morgan fingerprint density at radius 2 is 1.91 bits per heavy atom. The van der Waals surface area contributed by atoms with Crippen molar-refractivity contribution < 1.29 is 0 Å². The van der Waals surface area contributed by atoms with Gasteiger partial charge in [-0.1, -0.05) is 36.4 Å². The molecule has 22 heavy (non-hydrogen) atoms. The molecule has 4 aromatic rings. The first-order valence-corrected chi connectivity index (χ1v) is 7.30. The van der Waals surface area contributed by atoms with E-state index in [9.17, 15) is 0 Å². The molecule has 0 unspecified atom stereocenters. The van der Waals surface area contributed by atoms with E-state index in [1.807, 2.05) is 31.7 Å². The number of imidazole rings is 2. The lowest BCUT2D eigenvalue weighted by Gasteiger charge is -2.19. The third-order valence-corrected chi connectivity index (χ3v) is 3.88. The van der Waals surface area contributed by atoms with Crippen molar-refractivity contribution in [2.75, 3.05) is 0 Å². The van der Waals surface area contributed by atoms with Crippen LogP contribution in [0.4, 0.5) is 0 Å². The fraction of sp³-hybridized carbons (Fsp3) is 0.111. The molecule has 1 N–H and O–H groups in total. The second-order valence-corrected chi connectivity index (χ2v) is 5.42. The minimum absolute atomic E-state index is 0.102. The molecule has 1 atom stereocenters. The van der Waals surface area contributed by atoms with Gasteiger partial charge in [0.05, 0.1) is 23.4 Å². The maximum Gasteiger partial charge on any atom is 0.104 e. The van der Waals surface area contributed by atoms with E-state index in [1.165, 1.54) is 11.1 Å². The molecule has 0 fully saturated rings. The highest BCUT2D eigenvalue weighted by atomic mass is 15.1. The van der Waals surface area contributed by atoms with Crippen LogP contribution in [0.3, 0.4) is 0 Å². The average molecular weight is 288 g/mol. The molecule has 0 aliphatic heterocycles. The van der Waals surface area contributed by atoms with Crippen LogP contribution in [0.15, 0.2) is 67.3 Å². The first-order chi connectivity index (χ1) is 10.8. The van der Waals surface area contributed by atoms with Gasteiger partial charge in [-0.25, -0.2) is 9.97 Å². The molecule has 2 heterocycles. The predicted octanol–water partition coefficient (Wildman–Crippen LogP) is 3.71. The third-order valence-electron chi connectivity index (χ3n) is 3.88. The van der Waals surface area contributed by atoms with Gasteiger partial charge in [0, 0.05) is 12.4 Å². The van der Waals surface area contributed by atoms with Crippen LogP contribution < -0.4 is 0 Å². The molecule has 4 rings (SSSR count). The Hall–Kier alpha value is -2.88. The number of rotatable bonds is 3. The lowest BCUT2D eigenvalue weighted by atomic mass is 9.98. The molecule has 2 aromatic carbocycles. The molecule has 0 saturated carbocycles. The molecular weight excluding hydrogens is 272 g/mol. The Balaban J connectivity index is 1.89. The Kier molecular flexibility index (Phi) is 3.00. The molecule has 0 aliphatic carbocycles. The Morgan fingerprint density at radius 1 is 1.05 bits per heavy atom. The van der Waals surface area contributed by atoms with E-state index >= 15 is 0 Å². The minimum atomic E-state index is 0.102. The van der Waals surface area contributed by atoms with Crippen molar-refractivity contribution in [2.24, 2.45) is 0 Å². The molecular formula is C18H16N4. The Labute approximate surface area is 128 Å². The monoisotopic (exact) mass is 288 g/mol. The van der Waals surface area contributed by atoms with E-state index < -0.39 is 0 Å². The van der Waals surface area contributed by atoms with Gasteiger partial charge in [0.25, 0.3) is 0 Å². The first-order valence-electron chi connectivity index (χ1n) is 7.30. The molecule has 0 aliphatic rings. The topological polar surface area (TPSA) is 46.5 Å². The summed E-state index contributed by atoms with van der Waals surface area (Å²) >= 11 is 0. The number of aryl methyl sites for hydroxylation is 1. The fourth-order valence-electron chi connectivity index (χ4n) is 2.91. The van der Waals surface area contributed by atoms with Crippen LogP contribution in [0, 0.1) is 6.92 Å². The molecule has 4 nitrogen and oxygen atoms in total. The number of aromatic amines is 1. The maximum atomic E-state index is 4.55. The normalized spacial score (nSPS) is 12.6. The largest absolute Gasteiger partial charge is 0.342 e. The van der Waals surface area contributed by atoms with Crippen molar-refractivity contribution >= 4 is 11.0 Å². The molecule has 0 radical (unpaired) electrons. The fourth-order valence-corrected chi connectivity index (χ4v) is 2.91. The quantitative estimate of drug-likeness (QED) is 0.624. The highest BCUT2D eigenvalue weighted by Crippen LogP contribution is 2.28. The average Bonchev–Trinajstić information content (AvgIpc) is 3.17. The van der Waals surface area contributed by atoms with E-state index in [-0.39, 0.29) is 6.04 Å². The lowest BCUT2D eigenvalue weighted by molar-refractivity contribution is 0.677. The van der Waals surface area contributed by atoms with E-state index in [4.69, 9.17) is 0 Å². The lowest BCUT2D eigenvalue weighted by Crippen LogP contribution is -2.10. The highest BCUT2D eigenvalue weighted by Gasteiger charge is 2.16. The van der Waals surface area contributed by atoms with Gasteiger partial charge in [-0.3, -0.25) is 0 Å². The number of H-pyrrole nitrogens is 1. The van der Waals surface area contributed by atoms with Crippen molar-refractivity contribution in [1.82, 2.24) is 19.5 Å². The van der Waals surface area contributed by atoms with Crippen molar-refractivity contribution in [2.45, 2.75) is 13.0 Å². The van der Waals surface area contributed by atoms with Gasteiger partial charge in [0.1, 0.15) is 5.82 Å². The molecule has 108 valence electrons. The number of aromatic nitrogens is 4. The summed E-state index contributed by atoms with van der Waals surface area (Å²) in [6, 6.07) is 17.0. The van der Waals surface area contributed by atoms with Gasteiger partial charge in [-0.05, 0) is 30.2 Å². The van der Waals surface area contributed by atoms with E-state index in [2.05, 4.69) is 62.0 Å². The second kappa shape index (κ2) is 5.15.